The van der Waals surface area contributed by atoms with Gasteiger partial charge in [-0.25, -0.2) is 0 Å². The van der Waals surface area contributed by atoms with E-state index < -0.39 is 17.6 Å². The monoisotopic (exact) mass is 210 g/mol. The second kappa shape index (κ2) is 2.62. The van der Waals surface area contributed by atoms with E-state index in [1.54, 1.807) is 0 Å². The predicted molar refractivity (Wildman–Crippen MR) is 50.7 cm³/mol. The molecule has 0 aromatic rings. The molecule has 82 valence electrons. The van der Waals surface area contributed by atoms with Crippen molar-refractivity contribution >= 4 is 5.97 Å². The van der Waals surface area contributed by atoms with Crippen molar-refractivity contribution in [1.82, 2.24) is 0 Å². The fourth-order valence-electron chi connectivity index (χ4n) is 3.38. The molecule has 2 bridgehead atoms. The number of rotatable bonds is 0. The topological polar surface area (TPSA) is 66.8 Å². The summed E-state index contributed by atoms with van der Waals surface area (Å²) < 4.78 is 5.04. The van der Waals surface area contributed by atoms with E-state index in [2.05, 4.69) is 0 Å². The van der Waals surface area contributed by atoms with Crippen LogP contribution in [0.15, 0.2) is 12.2 Å². The Kier molecular flexibility index (Phi) is 1.64. The van der Waals surface area contributed by atoms with Gasteiger partial charge in [-0.1, -0.05) is 19.1 Å². The van der Waals surface area contributed by atoms with Crippen molar-refractivity contribution in [2.24, 2.45) is 23.2 Å². The largest absolute Gasteiger partial charge is 0.465 e. The highest BCUT2D eigenvalue weighted by Crippen LogP contribution is 2.55. The quantitative estimate of drug-likeness (QED) is 0.425. The zero-order valence-electron chi connectivity index (χ0n) is 8.46. The number of ether oxygens (including phenoxy) is 1. The van der Waals surface area contributed by atoms with Crippen LogP contribution in [-0.2, 0) is 9.53 Å². The first-order valence-electron chi connectivity index (χ1n) is 5.28. The second-order valence-corrected chi connectivity index (χ2v) is 5.01. The minimum Gasteiger partial charge on any atom is -0.465 e. The molecule has 0 aromatic heterocycles. The normalized spacial score (nSPS) is 56.7. The van der Waals surface area contributed by atoms with Gasteiger partial charge < -0.3 is 14.9 Å². The lowest BCUT2D eigenvalue weighted by atomic mass is 9.53. The minimum atomic E-state index is -0.862. The highest BCUT2D eigenvalue weighted by atomic mass is 16.5. The van der Waals surface area contributed by atoms with Gasteiger partial charge in [0.15, 0.2) is 0 Å². The van der Waals surface area contributed by atoms with Gasteiger partial charge in [0.05, 0.1) is 24.7 Å². The standard InChI is InChI=1S/C11H14O4/c1-11-3-2-5(8(12)9(11)13)6-4-15-10(14)7(6)11/h2-3,5-9,12-13H,4H2,1H3/t5-,6+,7-,8-,9-,11+/m1/s1. The van der Waals surface area contributed by atoms with Crippen LogP contribution in [0, 0.1) is 23.2 Å². The zero-order chi connectivity index (χ0) is 10.8. The van der Waals surface area contributed by atoms with Crippen molar-refractivity contribution in [3.8, 4) is 0 Å². The predicted octanol–water partition coefficient (Wildman–Crippen LogP) is -0.297. The second-order valence-electron chi connectivity index (χ2n) is 5.01. The van der Waals surface area contributed by atoms with Crippen LogP contribution in [0.2, 0.25) is 0 Å². The van der Waals surface area contributed by atoms with E-state index in [9.17, 15) is 15.0 Å². The zero-order valence-corrected chi connectivity index (χ0v) is 8.46. The Labute approximate surface area is 87.5 Å². The van der Waals surface area contributed by atoms with E-state index in [1.165, 1.54) is 0 Å². The first kappa shape index (κ1) is 9.36. The molecule has 15 heavy (non-hydrogen) atoms. The van der Waals surface area contributed by atoms with Crippen molar-refractivity contribution in [3.63, 3.8) is 0 Å². The van der Waals surface area contributed by atoms with Gasteiger partial charge in [-0.3, -0.25) is 4.79 Å². The molecule has 1 saturated heterocycles. The van der Waals surface area contributed by atoms with Crippen molar-refractivity contribution in [1.29, 1.82) is 0 Å². The van der Waals surface area contributed by atoms with Gasteiger partial charge >= 0.3 is 5.97 Å². The summed E-state index contributed by atoms with van der Waals surface area (Å²) in [6, 6.07) is 0. The lowest BCUT2D eigenvalue weighted by Gasteiger charge is -2.51. The molecule has 1 saturated carbocycles. The van der Waals surface area contributed by atoms with Crippen LogP contribution in [0.4, 0.5) is 0 Å². The molecule has 4 heteroatoms. The summed E-state index contributed by atoms with van der Waals surface area (Å²) in [6.45, 7) is 2.19. The summed E-state index contributed by atoms with van der Waals surface area (Å²) in [4.78, 5) is 11.6. The summed E-state index contributed by atoms with van der Waals surface area (Å²) >= 11 is 0. The maximum Gasteiger partial charge on any atom is 0.310 e. The van der Waals surface area contributed by atoms with Crippen LogP contribution in [0.1, 0.15) is 6.92 Å². The highest BCUT2D eigenvalue weighted by molar-refractivity contribution is 5.77. The first-order valence-corrected chi connectivity index (χ1v) is 5.28. The first-order chi connectivity index (χ1) is 7.05. The fourth-order valence-corrected chi connectivity index (χ4v) is 3.38. The number of esters is 1. The molecule has 0 aromatic carbocycles. The number of carbonyl (C=O) groups is 1. The molecular formula is C11H14O4. The molecule has 4 nitrogen and oxygen atoms in total. The Morgan fingerprint density at radius 2 is 2.27 bits per heavy atom. The Balaban J connectivity index is 2.12. The highest BCUT2D eigenvalue weighted by Gasteiger charge is 2.62. The van der Waals surface area contributed by atoms with Crippen LogP contribution < -0.4 is 0 Å². The van der Waals surface area contributed by atoms with Gasteiger partial charge in [0.25, 0.3) is 0 Å². The number of aliphatic hydroxyl groups is 2. The fraction of sp³-hybridized carbons (Fsp3) is 0.727. The third kappa shape index (κ3) is 0.916. The summed E-state index contributed by atoms with van der Waals surface area (Å²) in [5.74, 6) is -0.627. The van der Waals surface area contributed by atoms with Gasteiger partial charge in [0.1, 0.15) is 0 Å². The number of carbonyl (C=O) groups excluding carboxylic acids is 1. The Bertz CT molecular complexity index is 350. The number of aliphatic hydroxyl groups excluding tert-OH is 2. The molecule has 4 rings (SSSR count). The number of hydrogen-bond acceptors (Lipinski definition) is 4. The maximum atomic E-state index is 11.6. The molecule has 0 radical (unpaired) electrons. The lowest BCUT2D eigenvalue weighted by Crippen LogP contribution is -2.60. The molecule has 2 N–H and O–H groups in total. The SMILES string of the molecule is C[C@@]12C=C[C@@H]([C@@H](O)[C@H]1O)[C@@H]1COC(=O)[C@@H]12. The summed E-state index contributed by atoms with van der Waals surface area (Å²) in [5, 5.41) is 19.9. The molecule has 0 unspecified atom stereocenters. The molecule has 6 atom stereocenters. The van der Waals surface area contributed by atoms with E-state index in [0.717, 1.165) is 0 Å². The Morgan fingerprint density at radius 3 is 3.00 bits per heavy atom. The van der Waals surface area contributed by atoms with Crippen molar-refractivity contribution in [2.75, 3.05) is 6.61 Å². The summed E-state index contributed by atoms with van der Waals surface area (Å²) in [5.41, 5.74) is -0.660. The van der Waals surface area contributed by atoms with E-state index in [-0.39, 0.29) is 23.7 Å². The number of fused-ring (bicyclic) bond motifs is 1. The number of hydrogen-bond donors (Lipinski definition) is 2. The van der Waals surface area contributed by atoms with Crippen LogP contribution in [0.5, 0.6) is 0 Å². The van der Waals surface area contributed by atoms with E-state index in [1.807, 2.05) is 19.1 Å². The molecule has 1 aliphatic heterocycles. The summed E-state index contributed by atoms with van der Waals surface area (Å²) in [7, 11) is 0. The Morgan fingerprint density at radius 1 is 1.53 bits per heavy atom. The third-order valence-electron chi connectivity index (χ3n) is 4.30. The van der Waals surface area contributed by atoms with Gasteiger partial charge in [-0.15, -0.1) is 0 Å². The average Bonchev–Trinajstić information content (AvgIpc) is 2.59. The smallest absolute Gasteiger partial charge is 0.310 e. The number of cyclic esters (lactones) is 1. The van der Waals surface area contributed by atoms with Gasteiger partial charge in [0.2, 0.25) is 0 Å². The molecule has 2 fully saturated rings. The molecule has 4 aliphatic rings. The van der Waals surface area contributed by atoms with Crippen LogP contribution in [0.3, 0.4) is 0 Å². The Hall–Kier alpha value is -0.870. The van der Waals surface area contributed by atoms with Gasteiger partial charge in [-0.05, 0) is 0 Å². The molecule has 0 amide bonds. The van der Waals surface area contributed by atoms with E-state index in [4.69, 9.17) is 4.74 Å². The molecule has 1 heterocycles. The third-order valence-corrected chi connectivity index (χ3v) is 4.30. The van der Waals surface area contributed by atoms with Crippen molar-refractivity contribution in [3.05, 3.63) is 12.2 Å². The van der Waals surface area contributed by atoms with Crippen LogP contribution in [0.25, 0.3) is 0 Å². The van der Waals surface area contributed by atoms with Crippen molar-refractivity contribution in [2.45, 2.75) is 19.1 Å². The van der Waals surface area contributed by atoms with Crippen molar-refractivity contribution < 1.29 is 19.7 Å². The molecule has 3 aliphatic carbocycles. The molecule has 0 spiro atoms. The van der Waals surface area contributed by atoms with Crippen LogP contribution in [-0.4, -0.2) is 35.0 Å². The summed E-state index contributed by atoms with van der Waals surface area (Å²) in [6.07, 6.45) is 2.15. The van der Waals surface area contributed by atoms with Gasteiger partial charge in [-0.2, -0.15) is 0 Å². The molecular weight excluding hydrogens is 196 g/mol. The van der Waals surface area contributed by atoms with E-state index in [0.29, 0.717) is 6.61 Å². The van der Waals surface area contributed by atoms with E-state index >= 15 is 0 Å². The van der Waals surface area contributed by atoms with Crippen LogP contribution >= 0.6 is 0 Å². The maximum absolute atomic E-state index is 11.6. The van der Waals surface area contributed by atoms with Gasteiger partial charge in [0, 0.05) is 17.3 Å². The minimum absolute atomic E-state index is 0.0332. The lowest BCUT2D eigenvalue weighted by molar-refractivity contribution is -0.160. The average molecular weight is 210 g/mol.